The van der Waals surface area contributed by atoms with Crippen LogP contribution in [0.1, 0.15) is 63.7 Å². The van der Waals surface area contributed by atoms with Gasteiger partial charge in [0.15, 0.2) is 0 Å². The lowest BCUT2D eigenvalue weighted by Gasteiger charge is -2.38. The van der Waals surface area contributed by atoms with Gasteiger partial charge in [-0.05, 0) is 62.8 Å². The molecule has 2 rings (SSSR count). The second kappa shape index (κ2) is 9.60. The SMILES string of the molecule is CCOc1ccc(C(=O)N[C@H](C(=O)N2CCCCC2CC)C(C)C)cc1. The Bertz CT molecular complexity index is 598. The fraction of sp³-hybridized carbons (Fsp3) is 0.619. The second-order valence-electron chi connectivity index (χ2n) is 7.24. The van der Waals surface area contributed by atoms with Gasteiger partial charge in [0.2, 0.25) is 5.91 Å². The third-order valence-electron chi connectivity index (χ3n) is 5.03. The predicted molar refractivity (Wildman–Crippen MR) is 103 cm³/mol. The van der Waals surface area contributed by atoms with Crippen LogP contribution in [0.5, 0.6) is 5.75 Å². The van der Waals surface area contributed by atoms with E-state index in [2.05, 4.69) is 12.2 Å². The van der Waals surface area contributed by atoms with Crippen LogP contribution in [-0.4, -0.2) is 41.9 Å². The smallest absolute Gasteiger partial charge is 0.251 e. The molecule has 1 unspecified atom stereocenters. The summed E-state index contributed by atoms with van der Waals surface area (Å²) in [5.74, 6) is 0.601. The van der Waals surface area contributed by atoms with Crippen molar-refractivity contribution in [3.8, 4) is 5.75 Å². The van der Waals surface area contributed by atoms with Crippen molar-refractivity contribution < 1.29 is 14.3 Å². The Hall–Kier alpha value is -2.04. The van der Waals surface area contributed by atoms with Gasteiger partial charge in [-0.2, -0.15) is 0 Å². The fourth-order valence-corrected chi connectivity index (χ4v) is 3.50. The van der Waals surface area contributed by atoms with E-state index in [-0.39, 0.29) is 17.7 Å². The van der Waals surface area contributed by atoms with Crippen LogP contribution in [0.4, 0.5) is 0 Å². The summed E-state index contributed by atoms with van der Waals surface area (Å²) in [5, 5.41) is 2.95. The standard InChI is InChI=1S/C21H32N2O3/c1-5-17-9-7-8-14-23(17)21(25)19(15(3)4)22-20(24)16-10-12-18(13-11-16)26-6-2/h10-13,15,17,19H,5-9,14H2,1-4H3,(H,22,24)/t17?,19-/m0/s1. The zero-order valence-electron chi connectivity index (χ0n) is 16.5. The van der Waals surface area contributed by atoms with Crippen LogP contribution in [0.2, 0.25) is 0 Å². The monoisotopic (exact) mass is 360 g/mol. The van der Waals surface area contributed by atoms with Crippen molar-refractivity contribution in [2.24, 2.45) is 5.92 Å². The summed E-state index contributed by atoms with van der Waals surface area (Å²) in [6.07, 6.45) is 4.23. The summed E-state index contributed by atoms with van der Waals surface area (Å²) in [5.41, 5.74) is 0.539. The molecule has 144 valence electrons. The first-order valence-electron chi connectivity index (χ1n) is 9.82. The van der Waals surface area contributed by atoms with Crippen LogP contribution in [0.15, 0.2) is 24.3 Å². The molecule has 0 saturated carbocycles. The molecular weight excluding hydrogens is 328 g/mol. The minimum absolute atomic E-state index is 0.0357. The Kier molecular flexibility index (Phi) is 7.49. The summed E-state index contributed by atoms with van der Waals surface area (Å²) < 4.78 is 5.41. The number of piperidine rings is 1. The van der Waals surface area contributed by atoms with Gasteiger partial charge in [0.1, 0.15) is 11.8 Å². The lowest BCUT2D eigenvalue weighted by Crippen LogP contribution is -2.55. The van der Waals surface area contributed by atoms with Crippen LogP contribution in [-0.2, 0) is 4.79 Å². The first-order valence-corrected chi connectivity index (χ1v) is 9.82. The van der Waals surface area contributed by atoms with E-state index in [9.17, 15) is 9.59 Å². The minimum Gasteiger partial charge on any atom is -0.494 e. The number of benzene rings is 1. The van der Waals surface area contributed by atoms with Gasteiger partial charge in [-0.15, -0.1) is 0 Å². The molecule has 1 aromatic carbocycles. The highest BCUT2D eigenvalue weighted by molar-refractivity contribution is 5.97. The number of rotatable bonds is 7. The molecule has 1 aromatic rings. The molecule has 0 spiro atoms. The van der Waals surface area contributed by atoms with Crippen LogP contribution < -0.4 is 10.1 Å². The first kappa shape index (κ1) is 20.3. The summed E-state index contributed by atoms with van der Waals surface area (Å²) in [4.78, 5) is 27.7. The largest absolute Gasteiger partial charge is 0.494 e. The number of hydrogen-bond acceptors (Lipinski definition) is 3. The Morgan fingerprint density at radius 2 is 1.88 bits per heavy atom. The van der Waals surface area contributed by atoms with Crippen molar-refractivity contribution >= 4 is 11.8 Å². The second-order valence-corrected chi connectivity index (χ2v) is 7.24. The molecule has 5 nitrogen and oxygen atoms in total. The van der Waals surface area contributed by atoms with Gasteiger partial charge in [-0.3, -0.25) is 9.59 Å². The topological polar surface area (TPSA) is 58.6 Å². The third-order valence-corrected chi connectivity index (χ3v) is 5.03. The molecule has 2 atom stereocenters. The predicted octanol–water partition coefficient (Wildman–Crippen LogP) is 3.63. The Morgan fingerprint density at radius 3 is 2.46 bits per heavy atom. The van der Waals surface area contributed by atoms with E-state index in [1.165, 1.54) is 6.42 Å². The molecule has 1 aliphatic heterocycles. The number of nitrogens with zero attached hydrogens (tertiary/aromatic N) is 1. The van der Waals surface area contributed by atoms with Gasteiger partial charge in [-0.25, -0.2) is 0 Å². The fourth-order valence-electron chi connectivity index (χ4n) is 3.50. The Morgan fingerprint density at radius 1 is 1.19 bits per heavy atom. The number of hydrogen-bond donors (Lipinski definition) is 1. The van der Waals surface area contributed by atoms with Gasteiger partial charge in [0.05, 0.1) is 6.61 Å². The van der Waals surface area contributed by atoms with E-state index in [4.69, 9.17) is 4.74 Å². The van der Waals surface area contributed by atoms with Gasteiger partial charge >= 0.3 is 0 Å². The van der Waals surface area contributed by atoms with Crippen molar-refractivity contribution in [1.29, 1.82) is 0 Å². The zero-order chi connectivity index (χ0) is 19.1. The molecule has 2 amide bonds. The highest BCUT2D eigenvalue weighted by atomic mass is 16.5. The molecule has 0 aliphatic carbocycles. The molecule has 1 saturated heterocycles. The van der Waals surface area contributed by atoms with Gasteiger partial charge < -0.3 is 15.0 Å². The Balaban J connectivity index is 2.09. The molecule has 0 radical (unpaired) electrons. The molecule has 0 bridgehead atoms. The molecule has 1 aliphatic rings. The van der Waals surface area contributed by atoms with Gasteiger partial charge in [0, 0.05) is 18.2 Å². The number of amides is 2. The summed E-state index contributed by atoms with van der Waals surface area (Å²) >= 11 is 0. The zero-order valence-corrected chi connectivity index (χ0v) is 16.5. The van der Waals surface area contributed by atoms with E-state index < -0.39 is 6.04 Å². The number of carbonyl (C=O) groups excluding carboxylic acids is 2. The maximum atomic E-state index is 13.1. The van der Waals surface area contributed by atoms with Crippen molar-refractivity contribution in [2.45, 2.75) is 65.5 Å². The van der Waals surface area contributed by atoms with E-state index in [0.717, 1.165) is 31.6 Å². The molecule has 1 fully saturated rings. The number of nitrogens with one attached hydrogen (secondary N) is 1. The highest BCUT2D eigenvalue weighted by Gasteiger charge is 2.33. The number of ether oxygens (including phenoxy) is 1. The van der Waals surface area contributed by atoms with E-state index in [0.29, 0.717) is 18.2 Å². The molecule has 5 heteroatoms. The van der Waals surface area contributed by atoms with Gasteiger partial charge in [-0.1, -0.05) is 20.8 Å². The minimum atomic E-state index is -0.499. The quantitative estimate of drug-likeness (QED) is 0.808. The van der Waals surface area contributed by atoms with Crippen LogP contribution in [0, 0.1) is 5.92 Å². The maximum Gasteiger partial charge on any atom is 0.251 e. The van der Waals surface area contributed by atoms with Crippen molar-refractivity contribution in [2.75, 3.05) is 13.2 Å². The number of carbonyl (C=O) groups is 2. The van der Waals surface area contributed by atoms with Crippen LogP contribution >= 0.6 is 0 Å². The lowest BCUT2D eigenvalue weighted by molar-refractivity contribution is -0.138. The summed E-state index contributed by atoms with van der Waals surface area (Å²) in [7, 11) is 0. The molecule has 0 aromatic heterocycles. The molecular formula is C21H32N2O3. The van der Waals surface area contributed by atoms with Crippen LogP contribution in [0.3, 0.4) is 0 Å². The Labute approximate surface area is 157 Å². The van der Waals surface area contributed by atoms with E-state index >= 15 is 0 Å². The maximum absolute atomic E-state index is 13.1. The average Bonchev–Trinajstić information content (AvgIpc) is 2.66. The number of likely N-dealkylation sites (tertiary alicyclic amines) is 1. The van der Waals surface area contributed by atoms with Crippen molar-refractivity contribution in [1.82, 2.24) is 10.2 Å². The normalized spacial score (nSPS) is 18.5. The summed E-state index contributed by atoms with van der Waals surface area (Å²) in [6.45, 7) is 9.38. The van der Waals surface area contributed by atoms with Gasteiger partial charge in [0.25, 0.3) is 5.91 Å². The van der Waals surface area contributed by atoms with Crippen molar-refractivity contribution in [3.63, 3.8) is 0 Å². The lowest BCUT2D eigenvalue weighted by atomic mass is 9.96. The molecule has 1 heterocycles. The molecule has 1 N–H and O–H groups in total. The highest BCUT2D eigenvalue weighted by Crippen LogP contribution is 2.22. The third kappa shape index (κ3) is 4.99. The average molecular weight is 360 g/mol. The van der Waals surface area contributed by atoms with E-state index in [1.54, 1.807) is 24.3 Å². The van der Waals surface area contributed by atoms with E-state index in [1.807, 2.05) is 25.7 Å². The first-order chi connectivity index (χ1) is 12.5. The summed E-state index contributed by atoms with van der Waals surface area (Å²) in [6, 6.07) is 6.82. The van der Waals surface area contributed by atoms with Crippen LogP contribution in [0.25, 0.3) is 0 Å². The molecule has 26 heavy (non-hydrogen) atoms. The van der Waals surface area contributed by atoms with Crippen molar-refractivity contribution in [3.05, 3.63) is 29.8 Å².